The van der Waals surface area contributed by atoms with Gasteiger partial charge in [0, 0.05) is 62.6 Å². The van der Waals surface area contributed by atoms with E-state index in [2.05, 4.69) is 89.8 Å². The number of nitrogens with two attached hydrogens (primary N) is 2. The molecule has 0 spiro atoms. The highest BCUT2D eigenvalue weighted by Crippen LogP contribution is 2.25. The van der Waals surface area contributed by atoms with Gasteiger partial charge in [0.05, 0.1) is 11.1 Å². The van der Waals surface area contributed by atoms with Crippen molar-refractivity contribution in [3.63, 3.8) is 0 Å². The second kappa shape index (κ2) is 14.9. The molecular weight excluding hydrogens is 670 g/mol. The molecule has 0 bridgehead atoms. The van der Waals surface area contributed by atoms with Crippen LogP contribution < -0.4 is 64.0 Å². The van der Waals surface area contributed by atoms with Gasteiger partial charge in [0.15, 0.2) is 17.4 Å². The summed E-state index contributed by atoms with van der Waals surface area (Å²) in [7, 11) is 0. The van der Waals surface area contributed by atoms with Crippen molar-refractivity contribution in [1.29, 1.82) is 0 Å². The summed E-state index contributed by atoms with van der Waals surface area (Å²) in [4.78, 5) is 0. The first-order chi connectivity index (χ1) is 16.6. The largest absolute Gasteiger partial charge is 1.00 e. The molecule has 36 heavy (non-hydrogen) atoms. The Balaban J connectivity index is 0.00000228. The molecular formula is C30H40I2N4. The zero-order valence-electron chi connectivity index (χ0n) is 21.6. The summed E-state index contributed by atoms with van der Waals surface area (Å²) in [5, 5.41) is 1.15. The number of allylic oxidation sites excluding steroid dienone is 5. The lowest BCUT2D eigenvalue weighted by atomic mass is 9.92. The predicted molar refractivity (Wildman–Crippen MR) is 144 cm³/mol. The molecule has 2 aliphatic rings. The molecule has 0 amide bonds. The lowest BCUT2D eigenvalue weighted by molar-refractivity contribution is -0.677. The Kier molecular flexibility index (Phi) is 12.6. The van der Waals surface area contributed by atoms with Crippen LogP contribution >= 0.6 is 0 Å². The number of nitrogen functional groups attached to an aromatic ring is 1. The minimum Gasteiger partial charge on any atom is -1.00 e. The molecule has 2 aromatic rings. The van der Waals surface area contributed by atoms with Gasteiger partial charge in [-0.2, -0.15) is 4.57 Å². The van der Waals surface area contributed by atoms with Crippen molar-refractivity contribution in [3.05, 3.63) is 83.8 Å². The maximum Gasteiger partial charge on any atom is 0.214 e. The van der Waals surface area contributed by atoms with Crippen molar-refractivity contribution >= 4 is 22.3 Å². The van der Waals surface area contributed by atoms with E-state index >= 15 is 0 Å². The molecule has 194 valence electrons. The zero-order valence-corrected chi connectivity index (χ0v) is 25.9. The molecule has 0 radical (unpaired) electrons. The third-order valence-corrected chi connectivity index (χ3v) is 7.14. The molecule has 6 heteroatoms. The van der Waals surface area contributed by atoms with E-state index in [1.807, 2.05) is 0 Å². The van der Waals surface area contributed by atoms with Gasteiger partial charge in [0.2, 0.25) is 5.52 Å². The number of para-hydroxylation sites is 1. The van der Waals surface area contributed by atoms with Gasteiger partial charge in [-0.15, -0.1) is 0 Å². The number of benzene rings is 1. The number of halogens is 2. The fraction of sp³-hybridized carbons (Fsp3) is 0.400. The SMILES string of the molecule is CC1=[N+](CCCC/C=C/CCCC[n+]2c(C)cc(N)c3ccccc32)C2CC=CC=C2C(N)=C1.[I-].[I-]. The van der Waals surface area contributed by atoms with Gasteiger partial charge in [-0.1, -0.05) is 42.5 Å². The molecule has 4 N–H and O–H groups in total. The predicted octanol–water partition coefficient (Wildman–Crippen LogP) is -0.493. The zero-order chi connectivity index (χ0) is 23.9. The first-order valence-electron chi connectivity index (χ1n) is 12.8. The summed E-state index contributed by atoms with van der Waals surface area (Å²) < 4.78 is 4.94. The number of hydrogen-bond donors (Lipinski definition) is 2. The highest BCUT2D eigenvalue weighted by molar-refractivity contribution is 5.91. The molecule has 1 aliphatic heterocycles. The van der Waals surface area contributed by atoms with Gasteiger partial charge in [0.1, 0.15) is 13.1 Å². The van der Waals surface area contributed by atoms with Gasteiger partial charge in [-0.3, -0.25) is 0 Å². The number of unbranched alkanes of at least 4 members (excludes halogenated alkanes) is 4. The number of rotatable bonds is 10. The van der Waals surface area contributed by atoms with E-state index in [1.54, 1.807) is 0 Å². The number of hydrogen-bond acceptors (Lipinski definition) is 2. The molecule has 4 rings (SSSR count). The van der Waals surface area contributed by atoms with Crippen LogP contribution in [0.25, 0.3) is 10.9 Å². The number of aromatic nitrogens is 1. The lowest BCUT2D eigenvalue weighted by Gasteiger charge is -2.25. The minimum atomic E-state index is 0. The third kappa shape index (κ3) is 7.43. The smallest absolute Gasteiger partial charge is 0.214 e. The average Bonchev–Trinajstić information content (AvgIpc) is 2.83. The first-order valence-corrected chi connectivity index (χ1v) is 12.8. The fourth-order valence-corrected chi connectivity index (χ4v) is 5.30. The quantitative estimate of drug-likeness (QED) is 0.152. The topological polar surface area (TPSA) is 58.9 Å². The number of aryl methyl sites for hydroxylation is 2. The van der Waals surface area contributed by atoms with Crippen molar-refractivity contribution in [2.75, 3.05) is 12.3 Å². The molecule has 1 atom stereocenters. The van der Waals surface area contributed by atoms with Crippen molar-refractivity contribution < 1.29 is 57.1 Å². The highest BCUT2D eigenvalue weighted by atomic mass is 127. The van der Waals surface area contributed by atoms with E-state index in [-0.39, 0.29) is 48.0 Å². The van der Waals surface area contributed by atoms with E-state index < -0.39 is 0 Å². The van der Waals surface area contributed by atoms with Crippen molar-refractivity contribution in [2.24, 2.45) is 5.73 Å². The number of nitrogens with zero attached hydrogens (tertiary/aromatic N) is 2. The van der Waals surface area contributed by atoms with E-state index in [9.17, 15) is 0 Å². The molecule has 1 aromatic heterocycles. The average molecular weight is 710 g/mol. The van der Waals surface area contributed by atoms with Crippen LogP contribution in [-0.2, 0) is 6.54 Å². The van der Waals surface area contributed by atoms with Gasteiger partial charge < -0.3 is 59.4 Å². The van der Waals surface area contributed by atoms with E-state index in [1.165, 1.54) is 48.2 Å². The molecule has 1 aromatic carbocycles. The van der Waals surface area contributed by atoms with Crippen LogP contribution in [0.15, 0.2) is 78.1 Å². The van der Waals surface area contributed by atoms with Gasteiger partial charge in [0.25, 0.3) is 0 Å². The molecule has 2 heterocycles. The summed E-state index contributed by atoms with van der Waals surface area (Å²) in [6, 6.07) is 11.0. The van der Waals surface area contributed by atoms with Crippen LogP contribution in [0.5, 0.6) is 0 Å². The van der Waals surface area contributed by atoms with Crippen molar-refractivity contribution in [2.45, 2.75) is 71.4 Å². The Labute approximate surface area is 251 Å². The Morgan fingerprint density at radius 2 is 1.64 bits per heavy atom. The monoisotopic (exact) mass is 710 g/mol. The molecule has 0 fully saturated rings. The third-order valence-electron chi connectivity index (χ3n) is 7.14. The highest BCUT2D eigenvalue weighted by Gasteiger charge is 2.32. The van der Waals surface area contributed by atoms with Crippen molar-refractivity contribution in [3.8, 4) is 0 Å². The van der Waals surface area contributed by atoms with Crippen LogP contribution in [-0.4, -0.2) is 22.9 Å². The van der Waals surface area contributed by atoms with Gasteiger partial charge in [-0.25, -0.2) is 4.58 Å². The molecule has 0 saturated heterocycles. The normalized spacial score (nSPS) is 16.9. The number of pyridine rings is 1. The molecule has 4 nitrogen and oxygen atoms in total. The lowest BCUT2D eigenvalue weighted by Crippen LogP contribution is -3.00. The fourth-order valence-electron chi connectivity index (χ4n) is 5.30. The summed E-state index contributed by atoms with van der Waals surface area (Å²) in [5.74, 6) is 0. The Hall–Kier alpha value is -1.68. The summed E-state index contributed by atoms with van der Waals surface area (Å²) >= 11 is 0. The minimum absolute atomic E-state index is 0. The van der Waals surface area contributed by atoms with Crippen LogP contribution in [0.2, 0.25) is 0 Å². The van der Waals surface area contributed by atoms with E-state index in [4.69, 9.17) is 11.5 Å². The molecule has 1 unspecified atom stereocenters. The Morgan fingerprint density at radius 1 is 0.944 bits per heavy atom. The Morgan fingerprint density at radius 3 is 2.39 bits per heavy atom. The van der Waals surface area contributed by atoms with E-state index in [0.717, 1.165) is 49.1 Å². The maximum absolute atomic E-state index is 6.25. The van der Waals surface area contributed by atoms with Gasteiger partial charge >= 0.3 is 0 Å². The summed E-state index contributed by atoms with van der Waals surface area (Å²) in [6.07, 6.45) is 21.6. The van der Waals surface area contributed by atoms with Gasteiger partial charge in [-0.05, 0) is 31.7 Å². The standard InChI is InChI=1S/C30H38N4.2HI/c1-23-21-27(31)25-15-9-11-17-29(25)33(23)19-13-7-5-3-4-6-8-14-20-34-24(2)22-28(32)26-16-10-12-18-30(26)34;;/h3-4,9-12,15-17,21-22,30-32H,5-8,13-14,18-20H2,1-2H3;2*1H/b4-3+;;. The second-order valence-corrected chi connectivity index (χ2v) is 9.61. The number of anilines is 1. The van der Waals surface area contributed by atoms with Crippen LogP contribution in [0, 0.1) is 6.92 Å². The summed E-state index contributed by atoms with van der Waals surface area (Å²) in [5.41, 5.74) is 19.3. The van der Waals surface area contributed by atoms with Crippen LogP contribution in [0.3, 0.4) is 0 Å². The van der Waals surface area contributed by atoms with Crippen LogP contribution in [0.1, 0.15) is 57.6 Å². The molecule has 1 aliphatic carbocycles. The van der Waals surface area contributed by atoms with Crippen molar-refractivity contribution in [1.82, 2.24) is 0 Å². The number of fused-ring (bicyclic) bond motifs is 2. The van der Waals surface area contributed by atoms with E-state index in [0.29, 0.717) is 6.04 Å². The first kappa shape index (κ1) is 30.5. The summed E-state index contributed by atoms with van der Waals surface area (Å²) in [6.45, 7) is 6.48. The molecule has 0 saturated carbocycles. The second-order valence-electron chi connectivity index (χ2n) is 9.61. The maximum atomic E-state index is 6.25. The van der Waals surface area contributed by atoms with Crippen LogP contribution in [0.4, 0.5) is 5.69 Å². The Bertz CT molecular complexity index is 1190.